The minimum atomic E-state index is -0.606. The summed E-state index contributed by atoms with van der Waals surface area (Å²) in [5, 5.41) is 13.8. The molecule has 1 fully saturated rings. The van der Waals surface area contributed by atoms with Gasteiger partial charge in [-0.1, -0.05) is 35.5 Å². The van der Waals surface area contributed by atoms with Crippen molar-refractivity contribution < 1.29 is 14.0 Å². The molecule has 0 saturated carbocycles. The van der Waals surface area contributed by atoms with Crippen LogP contribution in [0.3, 0.4) is 0 Å². The van der Waals surface area contributed by atoms with Gasteiger partial charge < -0.3 is 10.6 Å². The Morgan fingerprint density at radius 2 is 1.89 bits per heavy atom. The lowest BCUT2D eigenvalue weighted by molar-refractivity contribution is -0.122. The lowest BCUT2D eigenvalue weighted by Gasteiger charge is -2.07. The van der Waals surface area contributed by atoms with E-state index >= 15 is 0 Å². The van der Waals surface area contributed by atoms with E-state index in [1.165, 1.54) is 24.3 Å². The minimum absolute atomic E-state index is 0.0349. The lowest BCUT2D eigenvalue weighted by Crippen LogP contribution is -2.28. The van der Waals surface area contributed by atoms with Gasteiger partial charge in [0, 0.05) is 17.1 Å². The number of nitrogens with one attached hydrogen (secondary N) is 2. The Hall–Kier alpha value is -2.71. The van der Waals surface area contributed by atoms with Crippen molar-refractivity contribution in [3.8, 4) is 0 Å². The fraction of sp³-hybridized carbons (Fsp3) is 0.158. The van der Waals surface area contributed by atoms with Crippen molar-refractivity contribution in [3.63, 3.8) is 0 Å². The van der Waals surface area contributed by atoms with Crippen molar-refractivity contribution in [1.29, 1.82) is 0 Å². The molecule has 6 nitrogen and oxygen atoms in total. The highest BCUT2D eigenvalue weighted by atomic mass is 35.5. The molecule has 0 aromatic heterocycles. The fourth-order valence-corrected chi connectivity index (χ4v) is 3.41. The maximum atomic E-state index is 12.9. The molecule has 1 atom stereocenters. The van der Waals surface area contributed by atoms with Crippen molar-refractivity contribution in [2.75, 3.05) is 5.32 Å². The largest absolute Gasteiger partial charge is 0.326 e. The summed E-state index contributed by atoms with van der Waals surface area (Å²) in [6, 6.07) is 12.6. The van der Waals surface area contributed by atoms with E-state index in [-0.39, 0.29) is 24.1 Å². The Balaban J connectivity index is 1.58. The third-order valence-corrected chi connectivity index (χ3v) is 5.15. The predicted octanol–water partition coefficient (Wildman–Crippen LogP) is 3.82. The quantitative estimate of drug-likeness (QED) is 0.572. The Labute approximate surface area is 170 Å². The molecule has 1 saturated heterocycles. The van der Waals surface area contributed by atoms with E-state index in [1.54, 1.807) is 19.1 Å². The molecule has 1 heterocycles. The van der Waals surface area contributed by atoms with E-state index in [9.17, 15) is 14.0 Å². The van der Waals surface area contributed by atoms with Gasteiger partial charge in [0.2, 0.25) is 11.8 Å². The third kappa shape index (κ3) is 5.40. The first-order valence-electron chi connectivity index (χ1n) is 8.32. The Kier molecular flexibility index (Phi) is 6.43. The number of hydrogen-bond acceptors (Lipinski definition) is 5. The number of hydrogen-bond donors (Lipinski definition) is 2. The van der Waals surface area contributed by atoms with Crippen molar-refractivity contribution in [3.05, 3.63) is 64.9 Å². The summed E-state index contributed by atoms with van der Waals surface area (Å²) in [6.07, 6.45) is -0.0349. The molecule has 3 rings (SSSR count). The van der Waals surface area contributed by atoms with Gasteiger partial charge in [0.05, 0.1) is 5.71 Å². The molecule has 0 aliphatic carbocycles. The Morgan fingerprint density at radius 1 is 1.21 bits per heavy atom. The highest BCUT2D eigenvalue weighted by Crippen LogP contribution is 2.23. The summed E-state index contributed by atoms with van der Waals surface area (Å²) < 4.78 is 12.9. The summed E-state index contributed by atoms with van der Waals surface area (Å²) in [4.78, 5) is 24.2. The van der Waals surface area contributed by atoms with Crippen molar-refractivity contribution in [2.45, 2.75) is 18.6 Å². The number of rotatable bonds is 5. The SMILES string of the molecule is C/C(=N/N=C1/NC(=O)[C@@H](CC(=O)Nc2ccc(F)cc2)S1)c1ccc(Cl)cc1. The van der Waals surface area contributed by atoms with Gasteiger partial charge in [-0.3, -0.25) is 9.59 Å². The average molecular weight is 419 g/mol. The van der Waals surface area contributed by atoms with Crippen LogP contribution in [0.15, 0.2) is 58.7 Å². The molecule has 144 valence electrons. The molecule has 9 heteroatoms. The van der Waals surface area contributed by atoms with Gasteiger partial charge in [0.25, 0.3) is 0 Å². The van der Waals surface area contributed by atoms with Crippen molar-refractivity contribution in [2.24, 2.45) is 10.2 Å². The Morgan fingerprint density at radius 3 is 2.57 bits per heavy atom. The molecule has 2 aromatic rings. The summed E-state index contributed by atoms with van der Waals surface area (Å²) >= 11 is 7.00. The van der Waals surface area contributed by atoms with Crippen LogP contribution < -0.4 is 10.6 Å². The first-order valence-corrected chi connectivity index (χ1v) is 9.57. The second-order valence-electron chi connectivity index (χ2n) is 5.95. The maximum absolute atomic E-state index is 12.9. The average Bonchev–Trinajstić information content (AvgIpc) is 3.01. The number of amides is 2. The monoisotopic (exact) mass is 418 g/mol. The third-order valence-electron chi connectivity index (χ3n) is 3.83. The van der Waals surface area contributed by atoms with Crippen LogP contribution in [0.1, 0.15) is 18.9 Å². The zero-order valence-corrected chi connectivity index (χ0v) is 16.4. The van der Waals surface area contributed by atoms with Gasteiger partial charge in [-0.2, -0.15) is 5.10 Å². The number of anilines is 1. The Bertz CT molecular complexity index is 945. The fourth-order valence-electron chi connectivity index (χ4n) is 2.37. The van der Waals surface area contributed by atoms with Crippen molar-refractivity contribution >= 4 is 51.7 Å². The van der Waals surface area contributed by atoms with Crippen LogP contribution in [0, 0.1) is 5.82 Å². The summed E-state index contributed by atoms with van der Waals surface area (Å²) in [5.74, 6) is -1.04. The molecule has 1 aliphatic heterocycles. The number of carbonyl (C=O) groups is 2. The summed E-state index contributed by atoms with van der Waals surface area (Å²) in [7, 11) is 0. The molecule has 0 bridgehead atoms. The van der Waals surface area contributed by atoms with Crippen LogP contribution in [-0.2, 0) is 9.59 Å². The van der Waals surface area contributed by atoms with E-state index in [1.807, 2.05) is 12.1 Å². The van der Waals surface area contributed by atoms with Gasteiger partial charge in [-0.25, -0.2) is 4.39 Å². The smallest absolute Gasteiger partial charge is 0.240 e. The van der Waals surface area contributed by atoms with Gasteiger partial charge in [0.15, 0.2) is 5.17 Å². The number of halogens is 2. The lowest BCUT2D eigenvalue weighted by atomic mass is 10.1. The van der Waals surface area contributed by atoms with Crippen molar-refractivity contribution in [1.82, 2.24) is 5.32 Å². The first-order chi connectivity index (χ1) is 13.4. The molecular weight excluding hydrogens is 403 g/mol. The number of amidine groups is 1. The van der Waals surface area contributed by atoms with Crippen LogP contribution in [0.4, 0.5) is 10.1 Å². The molecule has 2 aromatic carbocycles. The second kappa shape index (κ2) is 8.99. The molecule has 1 aliphatic rings. The van der Waals surface area contributed by atoms with E-state index in [0.29, 0.717) is 21.6 Å². The molecule has 0 spiro atoms. The maximum Gasteiger partial charge on any atom is 0.240 e. The molecular formula is C19H16ClFN4O2S. The topological polar surface area (TPSA) is 82.9 Å². The van der Waals surface area contributed by atoms with Crippen LogP contribution in [0.2, 0.25) is 5.02 Å². The van der Waals surface area contributed by atoms with Gasteiger partial charge in [-0.15, -0.1) is 5.10 Å². The molecule has 2 amide bonds. The number of nitrogens with zero attached hydrogens (tertiary/aromatic N) is 2. The normalized spacial score (nSPS) is 18.2. The van der Waals surface area contributed by atoms with E-state index in [4.69, 9.17) is 11.6 Å². The van der Waals surface area contributed by atoms with Gasteiger partial charge in [0.1, 0.15) is 11.1 Å². The number of thioether (sulfide) groups is 1. The summed E-state index contributed by atoms with van der Waals surface area (Å²) in [6.45, 7) is 1.79. The number of carbonyl (C=O) groups excluding carboxylic acids is 2. The second-order valence-corrected chi connectivity index (χ2v) is 7.58. The van der Waals surface area contributed by atoms with Crippen LogP contribution in [0.25, 0.3) is 0 Å². The predicted molar refractivity (Wildman–Crippen MR) is 110 cm³/mol. The molecule has 28 heavy (non-hydrogen) atoms. The van der Waals surface area contributed by atoms with Crippen LogP contribution >= 0.6 is 23.4 Å². The van der Waals surface area contributed by atoms with Crippen LogP contribution in [0.5, 0.6) is 0 Å². The molecule has 2 N–H and O–H groups in total. The summed E-state index contributed by atoms with van der Waals surface area (Å²) in [5.41, 5.74) is 1.99. The first kappa shape index (κ1) is 20.0. The highest BCUT2D eigenvalue weighted by Gasteiger charge is 2.32. The van der Waals surface area contributed by atoms with E-state index < -0.39 is 5.25 Å². The molecule has 0 unspecified atom stereocenters. The standard InChI is InChI=1S/C19H16ClFN4O2S/c1-11(12-2-4-13(20)5-3-12)24-25-19-23-18(27)16(28-19)10-17(26)22-15-8-6-14(21)7-9-15/h2-9,16H,10H2,1H3,(H,22,26)(H,23,25,27)/b24-11-/t16-/m1/s1. The zero-order chi connectivity index (χ0) is 20.1. The van der Waals surface area contributed by atoms with E-state index in [2.05, 4.69) is 20.8 Å². The zero-order valence-electron chi connectivity index (χ0n) is 14.8. The number of benzene rings is 2. The van der Waals surface area contributed by atoms with Gasteiger partial charge in [-0.05, 0) is 48.9 Å². The van der Waals surface area contributed by atoms with Crippen LogP contribution in [-0.4, -0.2) is 27.9 Å². The minimum Gasteiger partial charge on any atom is -0.326 e. The van der Waals surface area contributed by atoms with E-state index in [0.717, 1.165) is 17.3 Å². The van der Waals surface area contributed by atoms with Gasteiger partial charge >= 0.3 is 0 Å². The highest BCUT2D eigenvalue weighted by molar-refractivity contribution is 8.15. The molecule has 0 radical (unpaired) electrons.